The number of aromatic nitrogens is 3. The predicted molar refractivity (Wildman–Crippen MR) is 143 cm³/mol. The van der Waals surface area contributed by atoms with Crippen LogP contribution in [0.4, 0.5) is 13.2 Å². The number of hydrogen-bond acceptors (Lipinski definition) is 6. The number of nitrogens with two attached hydrogens (primary N) is 1. The van der Waals surface area contributed by atoms with Gasteiger partial charge >= 0.3 is 6.18 Å². The van der Waals surface area contributed by atoms with E-state index < -0.39 is 27.5 Å². The number of benzene rings is 3. The summed E-state index contributed by atoms with van der Waals surface area (Å²) < 4.78 is 67.4. The number of carbonyl (C=O) groups excluding carboxylic acids is 1. The van der Waals surface area contributed by atoms with Crippen LogP contribution in [-0.4, -0.2) is 41.1 Å². The summed E-state index contributed by atoms with van der Waals surface area (Å²) >= 11 is 0. The van der Waals surface area contributed by atoms with Gasteiger partial charge in [-0.15, -0.1) is 0 Å². The summed E-state index contributed by atoms with van der Waals surface area (Å²) in [5.74, 6) is -0.487. The SMILES string of the molecule is CS(=O)(=O)c1ccccc1-c1cccc2[nH]cc(C(=O)c3cc(C(F)(F)F)nn3-c3ccc4c(c3)C(N)=NC4)c12. The highest BCUT2D eigenvalue weighted by Crippen LogP contribution is 2.37. The Morgan fingerprint density at radius 1 is 1.00 bits per heavy atom. The highest BCUT2D eigenvalue weighted by atomic mass is 32.2. The minimum atomic E-state index is -4.81. The number of rotatable bonds is 5. The van der Waals surface area contributed by atoms with E-state index in [1.54, 1.807) is 54.6 Å². The summed E-state index contributed by atoms with van der Waals surface area (Å²) in [5, 5.41) is 4.11. The summed E-state index contributed by atoms with van der Waals surface area (Å²) in [7, 11) is -3.64. The van der Waals surface area contributed by atoms with Gasteiger partial charge in [-0.3, -0.25) is 9.79 Å². The van der Waals surface area contributed by atoms with Gasteiger partial charge in [0.05, 0.1) is 22.7 Å². The van der Waals surface area contributed by atoms with Crippen LogP contribution in [-0.2, 0) is 22.6 Å². The highest BCUT2D eigenvalue weighted by molar-refractivity contribution is 7.90. The van der Waals surface area contributed by atoms with E-state index in [1.807, 2.05) is 0 Å². The highest BCUT2D eigenvalue weighted by Gasteiger charge is 2.37. The summed E-state index contributed by atoms with van der Waals surface area (Å²) in [4.78, 5) is 21.2. The molecule has 40 heavy (non-hydrogen) atoms. The molecule has 8 nitrogen and oxygen atoms in total. The van der Waals surface area contributed by atoms with Crippen LogP contribution in [0.3, 0.4) is 0 Å². The lowest BCUT2D eigenvalue weighted by Gasteiger charge is -2.12. The van der Waals surface area contributed by atoms with Crippen molar-refractivity contribution in [1.82, 2.24) is 14.8 Å². The van der Waals surface area contributed by atoms with Crippen molar-refractivity contribution in [3.63, 3.8) is 0 Å². The van der Waals surface area contributed by atoms with Crippen molar-refractivity contribution >= 4 is 32.4 Å². The molecule has 2 aromatic heterocycles. The van der Waals surface area contributed by atoms with Crippen LogP contribution in [0.25, 0.3) is 27.7 Å². The van der Waals surface area contributed by atoms with Crippen LogP contribution in [0.2, 0.25) is 0 Å². The number of sulfone groups is 1. The van der Waals surface area contributed by atoms with E-state index in [0.717, 1.165) is 16.5 Å². The third kappa shape index (κ3) is 4.16. The number of nitrogens with one attached hydrogen (secondary N) is 1. The van der Waals surface area contributed by atoms with Gasteiger partial charge in [0.25, 0.3) is 0 Å². The zero-order valence-electron chi connectivity index (χ0n) is 20.8. The molecule has 0 bridgehead atoms. The normalized spacial score (nSPS) is 13.4. The number of aliphatic imine (C=N–C) groups is 1. The molecular weight excluding hydrogens is 543 g/mol. The largest absolute Gasteiger partial charge is 0.435 e. The fourth-order valence-electron chi connectivity index (χ4n) is 4.95. The number of alkyl halides is 3. The summed E-state index contributed by atoms with van der Waals surface area (Å²) in [6, 6.07) is 16.9. The van der Waals surface area contributed by atoms with Crippen LogP contribution in [0.1, 0.15) is 32.9 Å². The van der Waals surface area contributed by atoms with E-state index in [1.165, 1.54) is 12.3 Å². The van der Waals surface area contributed by atoms with Gasteiger partial charge in [0.2, 0.25) is 5.78 Å². The Morgan fingerprint density at radius 2 is 1.75 bits per heavy atom. The molecule has 3 heterocycles. The Hall–Kier alpha value is -4.71. The number of hydrogen-bond donors (Lipinski definition) is 2. The van der Waals surface area contributed by atoms with Gasteiger partial charge in [0.1, 0.15) is 11.5 Å². The second-order valence-electron chi connectivity index (χ2n) is 9.40. The molecule has 1 aliphatic rings. The van der Waals surface area contributed by atoms with Crippen LogP contribution < -0.4 is 5.73 Å². The maximum absolute atomic E-state index is 14.0. The maximum atomic E-state index is 14.0. The minimum absolute atomic E-state index is 0.0592. The number of aromatic amines is 1. The van der Waals surface area contributed by atoms with E-state index in [4.69, 9.17) is 5.73 Å². The van der Waals surface area contributed by atoms with E-state index >= 15 is 0 Å². The second-order valence-corrected chi connectivity index (χ2v) is 11.4. The van der Waals surface area contributed by atoms with Crippen molar-refractivity contribution in [2.45, 2.75) is 17.6 Å². The molecule has 3 aromatic carbocycles. The average molecular weight is 564 g/mol. The molecule has 0 radical (unpaired) electrons. The molecule has 0 amide bonds. The quantitative estimate of drug-likeness (QED) is 0.295. The first kappa shape index (κ1) is 25.6. The summed E-state index contributed by atoms with van der Waals surface area (Å²) in [5.41, 5.74) is 7.33. The Balaban J connectivity index is 1.56. The third-order valence-corrected chi connectivity index (χ3v) is 7.95. The lowest BCUT2D eigenvalue weighted by Crippen LogP contribution is -2.14. The molecule has 0 aliphatic carbocycles. The lowest BCUT2D eigenvalue weighted by molar-refractivity contribution is -0.141. The molecule has 0 saturated heterocycles. The number of halogens is 3. The lowest BCUT2D eigenvalue weighted by atomic mass is 9.97. The minimum Gasteiger partial charge on any atom is -0.383 e. The second kappa shape index (κ2) is 8.91. The van der Waals surface area contributed by atoms with Gasteiger partial charge in [0, 0.05) is 40.5 Å². The van der Waals surface area contributed by atoms with Gasteiger partial charge in [0.15, 0.2) is 15.5 Å². The first-order valence-electron chi connectivity index (χ1n) is 12.0. The molecule has 0 atom stereocenters. The van der Waals surface area contributed by atoms with E-state index in [2.05, 4.69) is 15.1 Å². The molecule has 5 aromatic rings. The number of nitrogens with zero attached hydrogens (tertiary/aromatic N) is 3. The van der Waals surface area contributed by atoms with Crippen molar-refractivity contribution in [2.24, 2.45) is 10.7 Å². The molecule has 0 unspecified atom stereocenters. The van der Waals surface area contributed by atoms with E-state index in [9.17, 15) is 26.4 Å². The molecule has 0 saturated carbocycles. The molecule has 0 fully saturated rings. The van der Waals surface area contributed by atoms with Gasteiger partial charge in [-0.25, -0.2) is 13.1 Å². The Bertz CT molecular complexity index is 1990. The molecular formula is C28H20F3N5O3S. The standard InChI is InChI=1S/C28H20F3N5O3S/c1-40(38,39)23-8-3-2-5-17(23)18-6-4-7-21-25(18)20(14-33-21)26(37)22-12-24(28(29,30)31)35-36(22)16-10-9-15-13-34-27(32)19(15)11-16/h2-12,14,33H,13H2,1H3,(H2,32,34). The smallest absolute Gasteiger partial charge is 0.383 e. The van der Waals surface area contributed by atoms with E-state index in [0.29, 0.717) is 40.2 Å². The van der Waals surface area contributed by atoms with Crippen molar-refractivity contribution in [3.05, 3.63) is 101 Å². The van der Waals surface area contributed by atoms with Gasteiger partial charge < -0.3 is 10.7 Å². The topological polar surface area (TPSA) is 123 Å². The number of H-pyrrole nitrogens is 1. The number of ketones is 1. The Morgan fingerprint density at radius 3 is 2.50 bits per heavy atom. The summed E-state index contributed by atoms with van der Waals surface area (Å²) in [6.45, 7) is 0.354. The molecule has 1 aliphatic heterocycles. The maximum Gasteiger partial charge on any atom is 0.435 e. The summed E-state index contributed by atoms with van der Waals surface area (Å²) in [6.07, 6.45) is -2.32. The number of carbonyl (C=O) groups is 1. The van der Waals surface area contributed by atoms with E-state index in [-0.39, 0.29) is 27.7 Å². The van der Waals surface area contributed by atoms with Crippen molar-refractivity contribution < 1.29 is 26.4 Å². The molecule has 3 N–H and O–H groups in total. The Kier molecular flexibility index (Phi) is 5.70. The fraction of sp³-hybridized carbons (Fsp3) is 0.107. The van der Waals surface area contributed by atoms with Crippen molar-refractivity contribution in [3.8, 4) is 16.8 Å². The van der Waals surface area contributed by atoms with Crippen LogP contribution >= 0.6 is 0 Å². The zero-order valence-corrected chi connectivity index (χ0v) is 21.6. The number of amidine groups is 1. The molecule has 12 heteroatoms. The number of fused-ring (bicyclic) bond motifs is 2. The predicted octanol–water partition coefficient (Wildman–Crippen LogP) is 4.89. The first-order valence-corrected chi connectivity index (χ1v) is 13.9. The van der Waals surface area contributed by atoms with Crippen molar-refractivity contribution in [2.75, 3.05) is 6.26 Å². The van der Waals surface area contributed by atoms with Gasteiger partial charge in [-0.05, 0) is 35.4 Å². The van der Waals surface area contributed by atoms with Crippen LogP contribution in [0, 0.1) is 0 Å². The third-order valence-electron chi connectivity index (χ3n) is 6.79. The fourth-order valence-corrected chi connectivity index (χ4v) is 5.85. The van der Waals surface area contributed by atoms with Crippen LogP contribution in [0.15, 0.2) is 82.8 Å². The van der Waals surface area contributed by atoms with Gasteiger partial charge in [-0.2, -0.15) is 18.3 Å². The van der Waals surface area contributed by atoms with Crippen LogP contribution in [0.5, 0.6) is 0 Å². The zero-order chi connectivity index (χ0) is 28.4. The molecule has 202 valence electrons. The molecule has 6 rings (SSSR count). The first-order chi connectivity index (χ1) is 18.9. The monoisotopic (exact) mass is 563 g/mol. The molecule has 0 spiro atoms. The Labute approximate surface area is 225 Å². The average Bonchev–Trinajstić information content (AvgIpc) is 3.64. The van der Waals surface area contributed by atoms with Gasteiger partial charge in [-0.1, -0.05) is 36.4 Å². The van der Waals surface area contributed by atoms with Crippen molar-refractivity contribution in [1.29, 1.82) is 0 Å².